The SMILES string of the molecule is C=CC=O.Nc1ccc(C(=O)O)cc1O.O=C(O)c1cc(O)c2ncccc2c1. The van der Waals surface area contributed by atoms with Crippen molar-refractivity contribution in [2.75, 3.05) is 5.73 Å². The van der Waals surface area contributed by atoms with E-state index in [1.54, 1.807) is 18.3 Å². The normalized spacial score (nSPS) is 9.24. The lowest BCUT2D eigenvalue weighted by Gasteiger charge is -2.01. The van der Waals surface area contributed by atoms with Crippen molar-refractivity contribution >= 4 is 34.8 Å². The van der Waals surface area contributed by atoms with Crippen molar-refractivity contribution in [3.63, 3.8) is 0 Å². The molecule has 0 saturated carbocycles. The van der Waals surface area contributed by atoms with Gasteiger partial charge in [0.2, 0.25) is 0 Å². The Kier molecular flexibility index (Phi) is 8.34. The van der Waals surface area contributed by atoms with Crippen molar-refractivity contribution in [2.24, 2.45) is 0 Å². The van der Waals surface area contributed by atoms with Crippen LogP contribution in [0, 0.1) is 0 Å². The molecule has 0 aliphatic carbocycles. The number of hydrogen-bond donors (Lipinski definition) is 5. The quantitative estimate of drug-likeness (QED) is 0.192. The number of carboxylic acids is 2. The zero-order valence-electron chi connectivity index (χ0n) is 15.0. The second-order valence-corrected chi connectivity index (χ2v) is 5.33. The predicted molar refractivity (Wildman–Crippen MR) is 106 cm³/mol. The Hall–Kier alpha value is -4.40. The number of carboxylic acid groups (broad SMARTS) is 2. The van der Waals surface area contributed by atoms with Crippen LogP contribution in [0.4, 0.5) is 5.69 Å². The zero-order chi connectivity index (χ0) is 22.0. The Morgan fingerprint density at radius 1 is 0.966 bits per heavy atom. The molecule has 0 aliphatic rings. The summed E-state index contributed by atoms with van der Waals surface area (Å²) in [5.41, 5.74) is 5.92. The number of aromatic hydroxyl groups is 2. The summed E-state index contributed by atoms with van der Waals surface area (Å²) in [4.78, 5) is 34.0. The fourth-order valence-electron chi connectivity index (χ4n) is 1.97. The molecule has 29 heavy (non-hydrogen) atoms. The minimum Gasteiger partial charge on any atom is -0.506 e. The highest BCUT2D eigenvalue weighted by Crippen LogP contribution is 2.24. The first-order chi connectivity index (χ1) is 13.7. The average molecular weight is 398 g/mol. The van der Waals surface area contributed by atoms with Crippen molar-refractivity contribution in [2.45, 2.75) is 0 Å². The van der Waals surface area contributed by atoms with Gasteiger partial charge in [0.05, 0.1) is 16.8 Å². The lowest BCUT2D eigenvalue weighted by molar-refractivity contribution is -0.104. The summed E-state index contributed by atoms with van der Waals surface area (Å²) >= 11 is 0. The Morgan fingerprint density at radius 3 is 2.07 bits per heavy atom. The molecule has 3 aromatic rings. The number of pyridine rings is 1. The molecule has 6 N–H and O–H groups in total. The summed E-state index contributed by atoms with van der Waals surface area (Å²) < 4.78 is 0. The molecule has 0 unspecified atom stereocenters. The lowest BCUT2D eigenvalue weighted by atomic mass is 10.1. The average Bonchev–Trinajstić information content (AvgIpc) is 2.70. The number of nitrogen functional groups attached to an aromatic ring is 1. The number of benzene rings is 2. The molecule has 150 valence electrons. The number of fused-ring (bicyclic) bond motifs is 1. The van der Waals surface area contributed by atoms with Crippen LogP contribution in [0.3, 0.4) is 0 Å². The van der Waals surface area contributed by atoms with E-state index in [4.69, 9.17) is 25.8 Å². The number of phenols is 2. The van der Waals surface area contributed by atoms with Crippen LogP contribution in [0.5, 0.6) is 11.5 Å². The number of aldehydes is 1. The van der Waals surface area contributed by atoms with Gasteiger partial charge in [-0.15, -0.1) is 0 Å². The molecular formula is C20H18N2O7. The third-order valence-electron chi connectivity index (χ3n) is 3.31. The van der Waals surface area contributed by atoms with Crippen LogP contribution >= 0.6 is 0 Å². The van der Waals surface area contributed by atoms with Crippen LogP contribution in [-0.4, -0.2) is 43.6 Å². The largest absolute Gasteiger partial charge is 0.506 e. The summed E-state index contributed by atoms with van der Waals surface area (Å²) in [6, 6.07) is 9.85. The molecule has 0 saturated heterocycles. The van der Waals surface area contributed by atoms with Gasteiger partial charge >= 0.3 is 11.9 Å². The Morgan fingerprint density at radius 2 is 1.55 bits per heavy atom. The second-order valence-electron chi connectivity index (χ2n) is 5.33. The van der Waals surface area contributed by atoms with Crippen LogP contribution in [-0.2, 0) is 4.79 Å². The summed E-state index contributed by atoms with van der Waals surface area (Å²) in [6.45, 7) is 3.11. The first-order valence-electron chi connectivity index (χ1n) is 7.90. The fraction of sp³-hybridized carbons (Fsp3) is 0. The number of carbonyl (C=O) groups is 3. The predicted octanol–water partition coefficient (Wildman–Crippen LogP) is 2.68. The first-order valence-corrected chi connectivity index (χ1v) is 7.90. The molecule has 0 bridgehead atoms. The molecule has 0 radical (unpaired) electrons. The number of hydrogen-bond acceptors (Lipinski definition) is 7. The van der Waals surface area contributed by atoms with Gasteiger partial charge in [0.1, 0.15) is 23.3 Å². The van der Waals surface area contributed by atoms with Gasteiger partial charge in [-0.2, -0.15) is 0 Å². The standard InChI is InChI=1S/C10H7NO3.C7H7NO3.C3H4O/c12-8-5-7(10(13)14)4-6-2-1-3-11-9(6)8;8-5-2-1-4(7(10)11)3-6(5)9;1-2-3-4/h1-5,12H,(H,13,14);1-3,9H,8H2,(H,10,11);2-3H,1H2. The van der Waals surface area contributed by atoms with Crippen LogP contribution in [0.15, 0.2) is 61.3 Å². The van der Waals surface area contributed by atoms with Crippen molar-refractivity contribution < 1.29 is 34.8 Å². The van der Waals surface area contributed by atoms with Gasteiger partial charge in [0, 0.05) is 11.6 Å². The van der Waals surface area contributed by atoms with Gasteiger partial charge in [0.25, 0.3) is 0 Å². The number of allylic oxidation sites excluding steroid dienone is 1. The topological polar surface area (TPSA) is 171 Å². The molecule has 0 spiro atoms. The Bertz CT molecular complexity index is 1040. The molecule has 0 atom stereocenters. The van der Waals surface area contributed by atoms with E-state index in [2.05, 4.69) is 11.6 Å². The molecule has 9 heteroatoms. The van der Waals surface area contributed by atoms with Crippen molar-refractivity contribution in [3.8, 4) is 11.5 Å². The number of nitrogens with zero attached hydrogens (tertiary/aromatic N) is 1. The van der Waals surface area contributed by atoms with E-state index in [0.29, 0.717) is 17.2 Å². The summed E-state index contributed by atoms with van der Waals surface area (Å²) in [5.74, 6) is -2.46. The molecule has 9 nitrogen and oxygen atoms in total. The van der Waals surface area contributed by atoms with Crippen LogP contribution < -0.4 is 5.73 Å². The van der Waals surface area contributed by atoms with Gasteiger partial charge in [-0.1, -0.05) is 12.6 Å². The van der Waals surface area contributed by atoms with Crippen LogP contribution in [0.2, 0.25) is 0 Å². The summed E-state index contributed by atoms with van der Waals surface area (Å²) in [7, 11) is 0. The first kappa shape index (κ1) is 22.6. The van der Waals surface area contributed by atoms with Gasteiger partial charge < -0.3 is 26.2 Å². The highest BCUT2D eigenvalue weighted by molar-refractivity contribution is 5.95. The van der Waals surface area contributed by atoms with E-state index in [0.717, 1.165) is 6.07 Å². The van der Waals surface area contributed by atoms with E-state index in [1.807, 2.05) is 0 Å². The van der Waals surface area contributed by atoms with E-state index in [-0.39, 0.29) is 28.3 Å². The summed E-state index contributed by atoms with van der Waals surface area (Å²) in [6.07, 6.45) is 3.38. The number of carbonyl (C=O) groups excluding carboxylic acids is 1. The Balaban J connectivity index is 0.000000251. The number of aromatic carboxylic acids is 2. The molecule has 0 amide bonds. The molecule has 1 heterocycles. The highest BCUT2D eigenvalue weighted by atomic mass is 16.4. The number of aromatic nitrogens is 1. The molecule has 2 aromatic carbocycles. The maximum atomic E-state index is 10.7. The van der Waals surface area contributed by atoms with Crippen molar-refractivity contribution in [1.29, 1.82) is 0 Å². The number of phenolic OH excluding ortho intramolecular Hbond substituents is 2. The molecule has 0 aliphatic heterocycles. The molecular weight excluding hydrogens is 380 g/mol. The van der Waals surface area contributed by atoms with Gasteiger partial charge in [0.15, 0.2) is 0 Å². The van der Waals surface area contributed by atoms with Gasteiger partial charge in [-0.3, -0.25) is 9.78 Å². The van der Waals surface area contributed by atoms with Crippen molar-refractivity contribution in [1.82, 2.24) is 4.98 Å². The monoisotopic (exact) mass is 398 g/mol. The smallest absolute Gasteiger partial charge is 0.335 e. The van der Waals surface area contributed by atoms with E-state index >= 15 is 0 Å². The minimum atomic E-state index is -1.08. The summed E-state index contributed by atoms with van der Waals surface area (Å²) in [5, 5.41) is 36.2. The third kappa shape index (κ3) is 6.68. The molecule has 3 rings (SSSR count). The lowest BCUT2D eigenvalue weighted by Crippen LogP contribution is -1.96. The van der Waals surface area contributed by atoms with E-state index in [1.165, 1.54) is 30.3 Å². The minimum absolute atomic E-state index is 0.0247. The van der Waals surface area contributed by atoms with Crippen molar-refractivity contribution in [3.05, 3.63) is 72.4 Å². The molecule has 1 aromatic heterocycles. The maximum absolute atomic E-state index is 10.7. The number of anilines is 1. The number of rotatable bonds is 3. The fourth-order valence-corrected chi connectivity index (χ4v) is 1.97. The maximum Gasteiger partial charge on any atom is 0.335 e. The van der Waals surface area contributed by atoms with Crippen LogP contribution in [0.25, 0.3) is 10.9 Å². The van der Waals surface area contributed by atoms with E-state index < -0.39 is 11.9 Å². The number of nitrogens with two attached hydrogens (primary N) is 1. The van der Waals surface area contributed by atoms with Gasteiger partial charge in [-0.05, 0) is 42.5 Å². The van der Waals surface area contributed by atoms with E-state index in [9.17, 15) is 14.7 Å². The Labute approximate surface area is 165 Å². The van der Waals surface area contributed by atoms with Crippen LogP contribution in [0.1, 0.15) is 20.7 Å². The highest BCUT2D eigenvalue weighted by Gasteiger charge is 2.08. The molecule has 0 fully saturated rings. The third-order valence-corrected chi connectivity index (χ3v) is 3.31. The van der Waals surface area contributed by atoms with Gasteiger partial charge in [-0.25, -0.2) is 9.59 Å². The second kappa shape index (κ2) is 10.7. The zero-order valence-corrected chi connectivity index (χ0v) is 15.0.